The van der Waals surface area contributed by atoms with Crippen LogP contribution >= 0.6 is 0 Å². The first-order chi connectivity index (χ1) is 11.5. The van der Waals surface area contributed by atoms with Crippen LogP contribution in [-0.2, 0) is 0 Å². The standard InChI is InChI=1S/C15H12N6O3/c1-10-3-4-11(7-12(10)21(23)24)15(22)19-13-8-14(17-9-16-13)20-6-2-5-18-20/h2-9H,1H3,(H,16,17,19,22). The molecule has 0 saturated heterocycles. The topological polar surface area (TPSA) is 116 Å². The van der Waals surface area contributed by atoms with Crippen LogP contribution in [0.4, 0.5) is 11.5 Å². The van der Waals surface area contributed by atoms with E-state index in [1.54, 1.807) is 31.5 Å². The fourth-order valence-corrected chi connectivity index (χ4v) is 2.08. The number of aryl methyl sites for hydroxylation is 1. The van der Waals surface area contributed by atoms with E-state index in [-0.39, 0.29) is 17.1 Å². The first-order valence-electron chi connectivity index (χ1n) is 6.93. The molecule has 3 rings (SSSR count). The van der Waals surface area contributed by atoms with E-state index in [2.05, 4.69) is 20.4 Å². The van der Waals surface area contributed by atoms with Gasteiger partial charge in [0.05, 0.1) is 4.92 Å². The van der Waals surface area contributed by atoms with Gasteiger partial charge in [-0.3, -0.25) is 14.9 Å². The maximum Gasteiger partial charge on any atom is 0.273 e. The molecule has 2 aromatic heterocycles. The average molecular weight is 324 g/mol. The van der Waals surface area contributed by atoms with Crippen molar-refractivity contribution in [1.29, 1.82) is 0 Å². The molecule has 24 heavy (non-hydrogen) atoms. The number of aromatic nitrogens is 4. The summed E-state index contributed by atoms with van der Waals surface area (Å²) in [6, 6.07) is 7.58. The number of carbonyl (C=O) groups is 1. The van der Waals surface area contributed by atoms with Crippen LogP contribution in [0.25, 0.3) is 5.82 Å². The molecule has 9 nitrogen and oxygen atoms in total. The SMILES string of the molecule is Cc1ccc(C(=O)Nc2cc(-n3cccn3)ncn2)cc1[N+](=O)[O-]. The Labute approximate surface area is 136 Å². The van der Waals surface area contributed by atoms with Gasteiger partial charge < -0.3 is 5.32 Å². The van der Waals surface area contributed by atoms with Crippen LogP contribution < -0.4 is 5.32 Å². The number of anilines is 1. The molecule has 2 heterocycles. The zero-order valence-electron chi connectivity index (χ0n) is 12.6. The molecule has 3 aromatic rings. The molecule has 120 valence electrons. The van der Waals surface area contributed by atoms with Crippen LogP contribution in [0.5, 0.6) is 0 Å². The van der Waals surface area contributed by atoms with E-state index in [0.29, 0.717) is 11.4 Å². The second-order valence-corrected chi connectivity index (χ2v) is 4.92. The molecule has 0 saturated carbocycles. The fraction of sp³-hybridized carbons (Fsp3) is 0.0667. The normalized spacial score (nSPS) is 10.4. The van der Waals surface area contributed by atoms with Crippen molar-refractivity contribution in [2.75, 3.05) is 5.32 Å². The highest BCUT2D eigenvalue weighted by Crippen LogP contribution is 2.20. The number of amides is 1. The number of rotatable bonds is 4. The van der Waals surface area contributed by atoms with Crippen molar-refractivity contribution in [3.05, 3.63) is 70.3 Å². The second-order valence-electron chi connectivity index (χ2n) is 4.92. The molecular formula is C15H12N6O3. The van der Waals surface area contributed by atoms with E-state index < -0.39 is 10.8 Å². The molecule has 0 atom stereocenters. The molecule has 1 amide bonds. The number of nitrogens with one attached hydrogen (secondary N) is 1. The lowest BCUT2D eigenvalue weighted by Crippen LogP contribution is -2.14. The number of nitro groups is 1. The van der Waals surface area contributed by atoms with Crippen LogP contribution in [0.1, 0.15) is 15.9 Å². The number of carbonyl (C=O) groups excluding carboxylic acids is 1. The van der Waals surface area contributed by atoms with Crippen LogP contribution in [0, 0.1) is 17.0 Å². The molecule has 0 radical (unpaired) electrons. The van der Waals surface area contributed by atoms with Crippen molar-refractivity contribution in [3.63, 3.8) is 0 Å². The van der Waals surface area contributed by atoms with Crippen molar-refractivity contribution < 1.29 is 9.72 Å². The third kappa shape index (κ3) is 3.09. The van der Waals surface area contributed by atoms with Gasteiger partial charge in [-0.25, -0.2) is 14.6 Å². The molecule has 0 bridgehead atoms. The van der Waals surface area contributed by atoms with Crippen molar-refractivity contribution >= 4 is 17.4 Å². The first-order valence-corrected chi connectivity index (χ1v) is 6.93. The summed E-state index contributed by atoms with van der Waals surface area (Å²) >= 11 is 0. The van der Waals surface area contributed by atoms with Gasteiger partial charge in [-0.15, -0.1) is 0 Å². The van der Waals surface area contributed by atoms with Crippen molar-refractivity contribution in [2.45, 2.75) is 6.92 Å². The Balaban J connectivity index is 1.84. The van der Waals surface area contributed by atoms with Gasteiger partial charge in [0.2, 0.25) is 0 Å². The van der Waals surface area contributed by atoms with Gasteiger partial charge in [0.15, 0.2) is 5.82 Å². The summed E-state index contributed by atoms with van der Waals surface area (Å²) in [4.78, 5) is 30.8. The van der Waals surface area contributed by atoms with E-state index in [9.17, 15) is 14.9 Å². The Kier molecular flexibility index (Phi) is 3.98. The minimum Gasteiger partial charge on any atom is -0.306 e. The van der Waals surface area contributed by atoms with Gasteiger partial charge in [0.1, 0.15) is 12.1 Å². The van der Waals surface area contributed by atoms with E-state index in [1.165, 1.54) is 29.2 Å². The lowest BCUT2D eigenvalue weighted by Gasteiger charge is -2.06. The molecule has 0 aliphatic carbocycles. The maximum atomic E-state index is 12.3. The Morgan fingerprint density at radius 2 is 2.12 bits per heavy atom. The second kappa shape index (κ2) is 6.24. The molecule has 0 unspecified atom stereocenters. The Morgan fingerprint density at radius 3 is 2.83 bits per heavy atom. The zero-order valence-corrected chi connectivity index (χ0v) is 12.6. The minimum absolute atomic E-state index is 0.109. The third-order valence-corrected chi connectivity index (χ3v) is 3.30. The highest BCUT2D eigenvalue weighted by molar-refractivity contribution is 6.04. The summed E-state index contributed by atoms with van der Waals surface area (Å²) < 4.78 is 1.52. The van der Waals surface area contributed by atoms with Gasteiger partial charge in [0, 0.05) is 35.7 Å². The third-order valence-electron chi connectivity index (χ3n) is 3.30. The number of nitro benzene ring substituents is 1. The highest BCUT2D eigenvalue weighted by Gasteiger charge is 2.15. The number of nitrogens with zero attached hydrogens (tertiary/aromatic N) is 5. The smallest absolute Gasteiger partial charge is 0.273 e. The molecule has 1 aromatic carbocycles. The average Bonchev–Trinajstić information content (AvgIpc) is 3.09. The maximum absolute atomic E-state index is 12.3. The van der Waals surface area contributed by atoms with Crippen molar-refractivity contribution in [2.24, 2.45) is 0 Å². The molecular weight excluding hydrogens is 312 g/mol. The Bertz CT molecular complexity index is 907. The minimum atomic E-state index is -0.521. The van der Waals surface area contributed by atoms with E-state index in [0.717, 1.165) is 0 Å². The molecule has 0 spiro atoms. The first kappa shape index (κ1) is 15.3. The highest BCUT2D eigenvalue weighted by atomic mass is 16.6. The van der Waals surface area contributed by atoms with Gasteiger partial charge >= 0.3 is 0 Å². The molecule has 1 N–H and O–H groups in total. The summed E-state index contributed by atoms with van der Waals surface area (Å²) in [5.74, 6) is 0.257. The predicted molar refractivity (Wildman–Crippen MR) is 84.9 cm³/mol. The van der Waals surface area contributed by atoms with E-state index in [1.807, 2.05) is 0 Å². The number of hydrogen-bond donors (Lipinski definition) is 1. The van der Waals surface area contributed by atoms with Gasteiger partial charge in [-0.1, -0.05) is 6.07 Å². The van der Waals surface area contributed by atoms with Crippen LogP contribution in [0.2, 0.25) is 0 Å². The van der Waals surface area contributed by atoms with E-state index in [4.69, 9.17) is 0 Å². The molecule has 0 aliphatic rings. The Hall–Kier alpha value is -3.62. The summed E-state index contributed by atoms with van der Waals surface area (Å²) in [5.41, 5.74) is 0.550. The molecule has 0 fully saturated rings. The predicted octanol–water partition coefficient (Wildman–Crippen LogP) is 2.13. The fourth-order valence-electron chi connectivity index (χ4n) is 2.08. The largest absolute Gasteiger partial charge is 0.306 e. The quantitative estimate of drug-likeness (QED) is 0.580. The van der Waals surface area contributed by atoms with Gasteiger partial charge in [-0.05, 0) is 19.1 Å². The van der Waals surface area contributed by atoms with Crippen LogP contribution in [0.3, 0.4) is 0 Å². The summed E-state index contributed by atoms with van der Waals surface area (Å²) in [6.45, 7) is 1.61. The van der Waals surface area contributed by atoms with Crippen molar-refractivity contribution in [1.82, 2.24) is 19.7 Å². The van der Waals surface area contributed by atoms with Gasteiger partial charge in [0.25, 0.3) is 11.6 Å². The van der Waals surface area contributed by atoms with Crippen molar-refractivity contribution in [3.8, 4) is 5.82 Å². The van der Waals surface area contributed by atoms with Crippen LogP contribution in [0.15, 0.2) is 49.1 Å². The Morgan fingerprint density at radius 1 is 1.29 bits per heavy atom. The van der Waals surface area contributed by atoms with Crippen LogP contribution in [-0.4, -0.2) is 30.6 Å². The van der Waals surface area contributed by atoms with E-state index >= 15 is 0 Å². The summed E-state index contributed by atoms with van der Waals surface area (Å²) in [6.07, 6.45) is 4.60. The molecule has 9 heteroatoms. The monoisotopic (exact) mass is 324 g/mol. The number of benzene rings is 1. The van der Waals surface area contributed by atoms with Gasteiger partial charge in [-0.2, -0.15) is 5.10 Å². The molecule has 0 aliphatic heterocycles. The zero-order chi connectivity index (χ0) is 17.1. The number of hydrogen-bond acceptors (Lipinski definition) is 6. The summed E-state index contributed by atoms with van der Waals surface area (Å²) in [7, 11) is 0. The summed E-state index contributed by atoms with van der Waals surface area (Å²) in [5, 5.41) is 17.6. The lowest BCUT2D eigenvalue weighted by molar-refractivity contribution is -0.385. The lowest BCUT2D eigenvalue weighted by atomic mass is 10.1.